The van der Waals surface area contributed by atoms with Crippen molar-refractivity contribution in [2.24, 2.45) is 17.8 Å². The van der Waals surface area contributed by atoms with Gasteiger partial charge in [-0.1, -0.05) is 6.42 Å². The summed E-state index contributed by atoms with van der Waals surface area (Å²) in [5, 5.41) is 0. The van der Waals surface area contributed by atoms with Gasteiger partial charge < -0.3 is 0 Å². The Bertz CT molecular complexity index is 411. The maximum atomic E-state index is 12.2. The topological polar surface area (TPSA) is 51.2 Å². The van der Waals surface area contributed by atoms with Crippen molar-refractivity contribution < 1.29 is 14.4 Å². The third-order valence-electron chi connectivity index (χ3n) is 5.15. The summed E-state index contributed by atoms with van der Waals surface area (Å²) >= 11 is 1.81. The summed E-state index contributed by atoms with van der Waals surface area (Å²) in [5.74, 6) is -1.01. The molecule has 3 fully saturated rings. The lowest BCUT2D eigenvalue weighted by atomic mass is 9.65. The highest BCUT2D eigenvalue weighted by molar-refractivity contribution is 8.00. The van der Waals surface area contributed by atoms with Crippen LogP contribution in [0.3, 0.4) is 0 Å². The van der Waals surface area contributed by atoms with E-state index in [1.165, 1.54) is 6.42 Å². The molecule has 0 radical (unpaired) electrons. The lowest BCUT2D eigenvalue weighted by Crippen LogP contribution is -2.49. The first-order valence-corrected chi connectivity index (χ1v) is 8.44. The molecule has 0 amide bonds. The molecule has 0 spiro atoms. The Morgan fingerprint density at radius 3 is 2.11 bits per heavy atom. The van der Waals surface area contributed by atoms with Gasteiger partial charge >= 0.3 is 0 Å². The standard InChI is InChI=1S/C15H20O3S/c1-19-15(5-2-6-15)10-7-11(16)13(12(17)8-10)14(18)9-3-4-9/h9-10,13H,2-8H2,1H3. The maximum Gasteiger partial charge on any atom is 0.153 e. The summed E-state index contributed by atoms with van der Waals surface area (Å²) in [6, 6.07) is 0. The van der Waals surface area contributed by atoms with Crippen molar-refractivity contribution in [3.05, 3.63) is 0 Å². The summed E-state index contributed by atoms with van der Waals surface area (Å²) in [4.78, 5) is 36.5. The van der Waals surface area contributed by atoms with Crippen LogP contribution in [0, 0.1) is 17.8 Å². The lowest BCUT2D eigenvalue weighted by molar-refractivity contribution is -0.144. The highest BCUT2D eigenvalue weighted by Gasteiger charge is 2.51. The van der Waals surface area contributed by atoms with Crippen molar-refractivity contribution in [2.45, 2.75) is 49.7 Å². The van der Waals surface area contributed by atoms with Gasteiger partial charge in [0.05, 0.1) is 0 Å². The smallest absolute Gasteiger partial charge is 0.153 e. The first-order chi connectivity index (χ1) is 9.07. The van der Waals surface area contributed by atoms with Gasteiger partial charge in [-0.2, -0.15) is 11.8 Å². The van der Waals surface area contributed by atoms with Crippen LogP contribution in [0.4, 0.5) is 0 Å². The molecule has 3 saturated carbocycles. The summed E-state index contributed by atoms with van der Waals surface area (Å²) in [6.07, 6.45) is 8.12. The van der Waals surface area contributed by atoms with Gasteiger partial charge in [0.1, 0.15) is 5.92 Å². The zero-order valence-electron chi connectivity index (χ0n) is 11.3. The molecule has 0 N–H and O–H groups in total. The van der Waals surface area contributed by atoms with Crippen LogP contribution < -0.4 is 0 Å². The van der Waals surface area contributed by atoms with Crippen LogP contribution in [-0.4, -0.2) is 28.4 Å². The number of hydrogen-bond acceptors (Lipinski definition) is 4. The zero-order valence-corrected chi connectivity index (χ0v) is 12.1. The highest BCUT2D eigenvalue weighted by atomic mass is 32.2. The predicted molar refractivity (Wildman–Crippen MR) is 74.1 cm³/mol. The molecule has 3 rings (SSSR count). The molecule has 0 unspecified atom stereocenters. The van der Waals surface area contributed by atoms with Crippen LogP contribution in [-0.2, 0) is 14.4 Å². The van der Waals surface area contributed by atoms with E-state index in [9.17, 15) is 14.4 Å². The molecule has 0 aromatic heterocycles. The Morgan fingerprint density at radius 1 is 1.16 bits per heavy atom. The van der Waals surface area contributed by atoms with E-state index in [4.69, 9.17) is 0 Å². The van der Waals surface area contributed by atoms with Gasteiger partial charge in [0, 0.05) is 23.5 Å². The van der Waals surface area contributed by atoms with E-state index >= 15 is 0 Å². The Hall–Kier alpha value is -0.640. The molecular formula is C15H20O3S. The number of carbonyl (C=O) groups is 3. The van der Waals surface area contributed by atoms with E-state index in [2.05, 4.69) is 6.26 Å². The summed E-state index contributed by atoms with van der Waals surface area (Å²) < 4.78 is 0.138. The Morgan fingerprint density at radius 2 is 1.74 bits per heavy atom. The molecular weight excluding hydrogens is 260 g/mol. The molecule has 3 aliphatic carbocycles. The van der Waals surface area contributed by atoms with Crippen LogP contribution in [0.15, 0.2) is 0 Å². The minimum Gasteiger partial charge on any atom is -0.298 e. The van der Waals surface area contributed by atoms with Crippen molar-refractivity contribution in [3.8, 4) is 0 Å². The van der Waals surface area contributed by atoms with Gasteiger partial charge in [-0.25, -0.2) is 0 Å². The van der Waals surface area contributed by atoms with Crippen LogP contribution in [0.25, 0.3) is 0 Å². The van der Waals surface area contributed by atoms with Gasteiger partial charge in [0.2, 0.25) is 0 Å². The number of ketones is 3. The highest BCUT2D eigenvalue weighted by Crippen LogP contribution is 2.52. The van der Waals surface area contributed by atoms with Gasteiger partial charge in [-0.05, 0) is 37.9 Å². The molecule has 0 bridgehead atoms. The molecule has 104 valence electrons. The zero-order chi connectivity index (χ0) is 13.6. The summed E-state index contributed by atoms with van der Waals surface area (Å²) in [7, 11) is 0. The maximum absolute atomic E-state index is 12.2. The fourth-order valence-corrected chi connectivity index (χ4v) is 4.77. The summed E-state index contributed by atoms with van der Waals surface area (Å²) in [6.45, 7) is 0. The first-order valence-electron chi connectivity index (χ1n) is 7.22. The van der Waals surface area contributed by atoms with Gasteiger partial charge in [-0.3, -0.25) is 14.4 Å². The quantitative estimate of drug-likeness (QED) is 0.742. The number of rotatable bonds is 4. The Balaban J connectivity index is 1.73. The molecule has 0 saturated heterocycles. The monoisotopic (exact) mass is 280 g/mol. The van der Waals surface area contributed by atoms with E-state index in [1.807, 2.05) is 11.8 Å². The molecule has 4 heteroatoms. The second-order valence-electron chi connectivity index (χ2n) is 6.27. The average molecular weight is 280 g/mol. The van der Waals surface area contributed by atoms with E-state index in [1.54, 1.807) is 0 Å². The normalized spacial score (nSPS) is 33.9. The van der Waals surface area contributed by atoms with Crippen LogP contribution in [0.5, 0.6) is 0 Å². The second kappa shape index (κ2) is 4.72. The third kappa shape index (κ3) is 2.18. The molecule has 19 heavy (non-hydrogen) atoms. The molecule has 0 aliphatic heterocycles. The van der Waals surface area contributed by atoms with Gasteiger partial charge in [0.25, 0.3) is 0 Å². The van der Waals surface area contributed by atoms with E-state index in [-0.39, 0.29) is 33.9 Å². The minimum absolute atomic E-state index is 0.00710. The predicted octanol–water partition coefficient (Wildman–Crippen LogP) is 2.42. The van der Waals surface area contributed by atoms with Crippen LogP contribution in [0.1, 0.15) is 44.9 Å². The van der Waals surface area contributed by atoms with Gasteiger partial charge in [-0.15, -0.1) is 0 Å². The van der Waals surface area contributed by atoms with E-state index in [0.29, 0.717) is 12.8 Å². The number of hydrogen-bond donors (Lipinski definition) is 0. The van der Waals surface area contributed by atoms with Crippen molar-refractivity contribution in [3.63, 3.8) is 0 Å². The fourth-order valence-electron chi connectivity index (χ4n) is 3.57. The largest absolute Gasteiger partial charge is 0.298 e. The Kier molecular flexibility index (Phi) is 3.32. The van der Waals surface area contributed by atoms with Crippen molar-refractivity contribution in [1.29, 1.82) is 0 Å². The van der Waals surface area contributed by atoms with Crippen molar-refractivity contribution in [1.82, 2.24) is 0 Å². The molecule has 0 atom stereocenters. The Labute approximate surface area is 117 Å². The first kappa shape index (κ1) is 13.3. The SMILES string of the molecule is CSC1(C2CC(=O)C(C(=O)C3CC3)C(=O)C2)CCC1. The summed E-state index contributed by atoms with van der Waals surface area (Å²) in [5.41, 5.74) is 0. The number of thioether (sulfide) groups is 1. The second-order valence-corrected chi connectivity index (χ2v) is 7.49. The minimum atomic E-state index is -0.900. The van der Waals surface area contributed by atoms with Crippen molar-refractivity contribution >= 4 is 29.1 Å². The third-order valence-corrected chi connectivity index (χ3v) is 6.71. The number of Topliss-reactive ketones (excluding diaryl/α,β-unsaturated/α-hetero) is 3. The van der Waals surface area contributed by atoms with Crippen LogP contribution in [0.2, 0.25) is 0 Å². The van der Waals surface area contributed by atoms with E-state index in [0.717, 1.165) is 25.7 Å². The lowest BCUT2D eigenvalue weighted by Gasteiger charge is -2.48. The molecule has 0 aromatic carbocycles. The molecule has 0 heterocycles. The fraction of sp³-hybridized carbons (Fsp3) is 0.800. The van der Waals surface area contributed by atoms with E-state index < -0.39 is 5.92 Å². The van der Waals surface area contributed by atoms with Gasteiger partial charge in [0.15, 0.2) is 17.3 Å². The molecule has 0 aromatic rings. The number of carbonyl (C=O) groups excluding carboxylic acids is 3. The molecule has 3 aliphatic rings. The molecule has 3 nitrogen and oxygen atoms in total. The van der Waals surface area contributed by atoms with Crippen LogP contribution >= 0.6 is 11.8 Å². The average Bonchev–Trinajstić information content (AvgIpc) is 3.10. The van der Waals surface area contributed by atoms with Crippen molar-refractivity contribution in [2.75, 3.05) is 6.26 Å².